The monoisotopic (exact) mass is 252 g/mol. The number of carboxylic acid groups (broad SMARTS) is 1. The predicted octanol–water partition coefficient (Wildman–Crippen LogP) is 1.84. The van der Waals surface area contributed by atoms with Crippen molar-refractivity contribution in [3.63, 3.8) is 0 Å². The lowest BCUT2D eigenvalue weighted by atomic mass is 9.95. The largest absolute Gasteiger partial charge is 0.481 e. The Morgan fingerprint density at radius 2 is 2.40 bits per heavy atom. The molecule has 1 aliphatic carbocycles. The molecule has 56 valence electrons. The summed E-state index contributed by atoms with van der Waals surface area (Å²) in [5.41, 5.74) is 0. The Morgan fingerprint density at radius 3 is 2.80 bits per heavy atom. The number of hydrogen-bond acceptors (Lipinski definition) is 1. The van der Waals surface area contributed by atoms with Crippen LogP contribution in [-0.4, -0.2) is 15.0 Å². The molecule has 0 heterocycles. The lowest BCUT2D eigenvalue weighted by Gasteiger charge is -2.16. The van der Waals surface area contributed by atoms with E-state index < -0.39 is 5.97 Å². The third-order valence-electron chi connectivity index (χ3n) is 1.62. The van der Waals surface area contributed by atoms with Crippen molar-refractivity contribution < 1.29 is 9.90 Å². The second-order valence-corrected chi connectivity index (χ2v) is 4.05. The van der Waals surface area contributed by atoms with E-state index in [1.54, 1.807) is 0 Å². The summed E-state index contributed by atoms with van der Waals surface area (Å²) in [6.07, 6.45) is 5.51. The molecule has 0 bridgehead atoms. The van der Waals surface area contributed by atoms with Gasteiger partial charge >= 0.3 is 5.97 Å². The molecule has 1 N–H and O–H groups in total. The molecule has 2 atom stereocenters. The Morgan fingerprint density at radius 1 is 1.70 bits per heavy atom. The van der Waals surface area contributed by atoms with E-state index in [0.717, 1.165) is 6.42 Å². The molecule has 2 unspecified atom stereocenters. The number of aliphatic carboxylic acids is 1. The first-order valence-electron chi connectivity index (χ1n) is 3.23. The SMILES string of the molecule is O=C(O)C1CC=CC(I)C1. The highest BCUT2D eigenvalue weighted by molar-refractivity contribution is 14.1. The van der Waals surface area contributed by atoms with Gasteiger partial charge < -0.3 is 5.11 Å². The highest BCUT2D eigenvalue weighted by Crippen LogP contribution is 2.23. The fourth-order valence-electron chi connectivity index (χ4n) is 1.04. The molecule has 1 aliphatic rings. The van der Waals surface area contributed by atoms with Gasteiger partial charge in [0.2, 0.25) is 0 Å². The van der Waals surface area contributed by atoms with Crippen LogP contribution >= 0.6 is 22.6 Å². The van der Waals surface area contributed by atoms with E-state index in [0.29, 0.717) is 10.3 Å². The summed E-state index contributed by atoms with van der Waals surface area (Å²) in [6.45, 7) is 0. The van der Waals surface area contributed by atoms with E-state index in [2.05, 4.69) is 28.7 Å². The summed E-state index contributed by atoms with van der Waals surface area (Å²) in [5, 5.41) is 8.62. The van der Waals surface area contributed by atoms with Gasteiger partial charge in [-0.1, -0.05) is 34.7 Å². The number of rotatable bonds is 1. The molecule has 0 radical (unpaired) electrons. The van der Waals surface area contributed by atoms with Crippen LogP contribution in [0.4, 0.5) is 0 Å². The first-order chi connectivity index (χ1) is 4.70. The lowest BCUT2D eigenvalue weighted by Crippen LogP contribution is -2.19. The van der Waals surface area contributed by atoms with E-state index in [4.69, 9.17) is 5.11 Å². The average molecular weight is 252 g/mol. The van der Waals surface area contributed by atoms with Gasteiger partial charge in [-0.05, 0) is 12.8 Å². The molecular formula is C7H9IO2. The van der Waals surface area contributed by atoms with Crippen molar-refractivity contribution in [3.8, 4) is 0 Å². The van der Waals surface area contributed by atoms with Crippen LogP contribution in [0.3, 0.4) is 0 Å². The molecular weight excluding hydrogens is 243 g/mol. The summed E-state index contributed by atoms with van der Waals surface area (Å²) in [6, 6.07) is 0. The Labute approximate surface area is 73.5 Å². The van der Waals surface area contributed by atoms with Crippen LogP contribution in [0.2, 0.25) is 0 Å². The molecule has 2 nitrogen and oxygen atoms in total. The predicted molar refractivity (Wildman–Crippen MR) is 47.3 cm³/mol. The maximum atomic E-state index is 10.5. The molecule has 1 rings (SSSR count). The fraction of sp³-hybridized carbons (Fsp3) is 0.571. The van der Waals surface area contributed by atoms with Crippen molar-refractivity contribution in [3.05, 3.63) is 12.2 Å². The number of alkyl halides is 1. The Bertz CT molecular complexity index is 165. The molecule has 0 aromatic heterocycles. The Hall–Kier alpha value is -0.0600. The smallest absolute Gasteiger partial charge is 0.306 e. The van der Waals surface area contributed by atoms with Crippen molar-refractivity contribution in [2.24, 2.45) is 5.92 Å². The van der Waals surface area contributed by atoms with Crippen molar-refractivity contribution in [1.29, 1.82) is 0 Å². The highest BCUT2D eigenvalue weighted by Gasteiger charge is 2.21. The number of allylic oxidation sites excluding steroid dienone is 2. The van der Waals surface area contributed by atoms with Gasteiger partial charge in [0.05, 0.1) is 5.92 Å². The van der Waals surface area contributed by atoms with Gasteiger partial charge in [0.1, 0.15) is 0 Å². The quantitative estimate of drug-likeness (QED) is 0.439. The maximum Gasteiger partial charge on any atom is 0.306 e. The van der Waals surface area contributed by atoms with Crippen molar-refractivity contribution in [2.45, 2.75) is 16.8 Å². The standard InChI is InChI=1S/C7H9IO2/c8-6-3-1-2-5(4-6)7(9)10/h1,3,5-6H,2,4H2,(H,9,10). The number of hydrogen-bond donors (Lipinski definition) is 1. The average Bonchev–Trinajstić information content (AvgIpc) is 1.88. The summed E-state index contributed by atoms with van der Waals surface area (Å²) < 4.78 is 0.410. The normalized spacial score (nSPS) is 32.1. The van der Waals surface area contributed by atoms with Crippen LogP contribution in [0.15, 0.2) is 12.2 Å². The van der Waals surface area contributed by atoms with Crippen LogP contribution in [0.1, 0.15) is 12.8 Å². The van der Waals surface area contributed by atoms with Crippen LogP contribution in [0, 0.1) is 5.92 Å². The van der Waals surface area contributed by atoms with Gasteiger partial charge in [-0.3, -0.25) is 4.79 Å². The molecule has 0 saturated carbocycles. The van der Waals surface area contributed by atoms with Crippen LogP contribution < -0.4 is 0 Å². The highest BCUT2D eigenvalue weighted by atomic mass is 127. The van der Waals surface area contributed by atoms with Crippen LogP contribution in [0.5, 0.6) is 0 Å². The summed E-state index contributed by atoms with van der Waals surface area (Å²) in [4.78, 5) is 10.5. The van der Waals surface area contributed by atoms with Gasteiger partial charge in [0.25, 0.3) is 0 Å². The van der Waals surface area contributed by atoms with Gasteiger partial charge in [0.15, 0.2) is 0 Å². The Balaban J connectivity index is 2.52. The lowest BCUT2D eigenvalue weighted by molar-refractivity contribution is -0.141. The van der Waals surface area contributed by atoms with Crippen LogP contribution in [-0.2, 0) is 4.79 Å². The number of carbonyl (C=O) groups is 1. The number of carboxylic acids is 1. The first kappa shape index (κ1) is 8.04. The topological polar surface area (TPSA) is 37.3 Å². The minimum absolute atomic E-state index is 0.146. The zero-order chi connectivity index (χ0) is 7.56. The molecule has 0 aromatic carbocycles. The summed E-state index contributed by atoms with van der Waals surface area (Å²) in [7, 11) is 0. The third-order valence-corrected chi connectivity index (χ3v) is 2.55. The molecule has 3 heteroatoms. The molecule has 0 fully saturated rings. The number of halogens is 1. The van der Waals surface area contributed by atoms with Crippen molar-refractivity contribution >= 4 is 28.6 Å². The van der Waals surface area contributed by atoms with E-state index >= 15 is 0 Å². The minimum Gasteiger partial charge on any atom is -0.481 e. The van der Waals surface area contributed by atoms with Gasteiger partial charge in [0, 0.05) is 3.92 Å². The first-order valence-corrected chi connectivity index (χ1v) is 4.48. The van der Waals surface area contributed by atoms with Crippen molar-refractivity contribution in [1.82, 2.24) is 0 Å². The molecule has 10 heavy (non-hydrogen) atoms. The third kappa shape index (κ3) is 1.97. The molecule has 0 aliphatic heterocycles. The molecule has 0 spiro atoms. The van der Waals surface area contributed by atoms with Gasteiger partial charge in [-0.25, -0.2) is 0 Å². The Kier molecular flexibility index (Phi) is 2.71. The van der Waals surface area contributed by atoms with Crippen molar-refractivity contribution in [2.75, 3.05) is 0 Å². The summed E-state index contributed by atoms with van der Waals surface area (Å²) >= 11 is 2.26. The minimum atomic E-state index is -0.661. The fourth-order valence-corrected chi connectivity index (χ4v) is 1.95. The molecule has 0 aromatic rings. The zero-order valence-corrected chi connectivity index (χ0v) is 7.61. The van der Waals surface area contributed by atoms with Crippen LogP contribution in [0.25, 0.3) is 0 Å². The van der Waals surface area contributed by atoms with E-state index in [1.165, 1.54) is 0 Å². The second kappa shape index (κ2) is 3.37. The van der Waals surface area contributed by atoms with Gasteiger partial charge in [-0.15, -0.1) is 0 Å². The van der Waals surface area contributed by atoms with Gasteiger partial charge in [-0.2, -0.15) is 0 Å². The van der Waals surface area contributed by atoms with E-state index in [1.807, 2.05) is 6.08 Å². The van der Waals surface area contributed by atoms with E-state index in [-0.39, 0.29) is 5.92 Å². The zero-order valence-electron chi connectivity index (χ0n) is 5.46. The maximum absolute atomic E-state index is 10.5. The molecule has 0 amide bonds. The van der Waals surface area contributed by atoms with E-state index in [9.17, 15) is 4.79 Å². The summed E-state index contributed by atoms with van der Waals surface area (Å²) in [5.74, 6) is -0.807. The second-order valence-electron chi connectivity index (χ2n) is 2.45. The molecule has 0 saturated heterocycles.